The van der Waals surface area contributed by atoms with E-state index in [1.807, 2.05) is 36.4 Å². The number of rotatable bonds is 6. The molecule has 158 valence electrons. The van der Waals surface area contributed by atoms with Gasteiger partial charge in [0.05, 0.1) is 0 Å². The summed E-state index contributed by atoms with van der Waals surface area (Å²) in [6.07, 6.45) is -0.845. The molecule has 31 heavy (non-hydrogen) atoms. The van der Waals surface area contributed by atoms with Crippen molar-refractivity contribution in [2.45, 2.75) is 25.7 Å². The van der Waals surface area contributed by atoms with Gasteiger partial charge in [-0.25, -0.2) is 9.78 Å². The maximum atomic E-state index is 12.3. The van der Waals surface area contributed by atoms with Gasteiger partial charge in [-0.15, -0.1) is 0 Å². The van der Waals surface area contributed by atoms with Crippen LogP contribution in [-0.4, -0.2) is 33.7 Å². The number of aliphatic carboxylic acids is 1. The van der Waals surface area contributed by atoms with Gasteiger partial charge in [-0.2, -0.15) is 0 Å². The van der Waals surface area contributed by atoms with Crippen molar-refractivity contribution in [2.24, 2.45) is 0 Å². The van der Waals surface area contributed by atoms with Gasteiger partial charge >= 0.3 is 12.1 Å². The Labute approximate surface area is 177 Å². The largest absolute Gasteiger partial charge is 0.481 e. The Morgan fingerprint density at radius 2 is 1.71 bits per heavy atom. The quantitative estimate of drug-likeness (QED) is 0.563. The molecule has 0 aliphatic heterocycles. The van der Waals surface area contributed by atoms with Crippen LogP contribution in [0.25, 0.3) is 11.1 Å². The van der Waals surface area contributed by atoms with Crippen LogP contribution >= 0.6 is 0 Å². The van der Waals surface area contributed by atoms with Gasteiger partial charge in [0.1, 0.15) is 6.61 Å². The van der Waals surface area contributed by atoms with Crippen LogP contribution in [0, 0.1) is 6.92 Å². The van der Waals surface area contributed by atoms with E-state index in [-0.39, 0.29) is 36.9 Å². The standard InChI is InChI=1S/C23H21N3O5/c1-13-14(10-11-20(27)28)21(29)25-22(24-13)26-23(30)31-12-19-17-8-4-2-6-15(17)16-7-3-5-9-18(16)19/h2-9,19H,10-12H2,1H3,(H,27,28)(H2,24,25,26,29,30). The highest BCUT2D eigenvalue weighted by molar-refractivity contribution is 5.83. The number of amides is 1. The van der Waals surface area contributed by atoms with Crippen molar-refractivity contribution >= 4 is 18.0 Å². The number of nitrogens with one attached hydrogen (secondary N) is 2. The highest BCUT2D eigenvalue weighted by Gasteiger charge is 2.29. The summed E-state index contributed by atoms with van der Waals surface area (Å²) in [7, 11) is 0. The number of aromatic nitrogens is 2. The predicted octanol–water partition coefficient (Wildman–Crippen LogP) is 3.46. The zero-order chi connectivity index (χ0) is 22.0. The molecule has 0 bridgehead atoms. The van der Waals surface area contributed by atoms with Crippen LogP contribution in [0.2, 0.25) is 0 Å². The average molecular weight is 419 g/mol. The normalized spacial score (nSPS) is 12.2. The molecule has 0 spiro atoms. The Hall–Kier alpha value is -3.94. The topological polar surface area (TPSA) is 121 Å². The second-order valence-electron chi connectivity index (χ2n) is 7.32. The maximum absolute atomic E-state index is 12.3. The number of benzene rings is 2. The van der Waals surface area contributed by atoms with Gasteiger partial charge in [-0.1, -0.05) is 48.5 Å². The monoisotopic (exact) mass is 419 g/mol. The first-order valence-electron chi connectivity index (χ1n) is 9.87. The molecule has 0 unspecified atom stereocenters. The van der Waals surface area contributed by atoms with Gasteiger partial charge < -0.3 is 9.84 Å². The number of hydrogen-bond acceptors (Lipinski definition) is 5. The number of carbonyl (C=O) groups is 2. The number of anilines is 1. The van der Waals surface area contributed by atoms with Crippen LogP contribution in [-0.2, 0) is 16.0 Å². The van der Waals surface area contributed by atoms with E-state index in [2.05, 4.69) is 27.4 Å². The molecular formula is C23H21N3O5. The fourth-order valence-electron chi connectivity index (χ4n) is 3.93. The third-order valence-electron chi connectivity index (χ3n) is 5.38. The van der Waals surface area contributed by atoms with E-state index in [1.54, 1.807) is 6.92 Å². The molecule has 2 aromatic carbocycles. The molecule has 4 rings (SSSR count). The SMILES string of the molecule is Cc1nc(NC(=O)OCC2c3ccccc3-c3ccccc32)[nH]c(=O)c1CCC(=O)O. The molecule has 1 amide bonds. The van der Waals surface area contributed by atoms with Crippen molar-refractivity contribution in [1.82, 2.24) is 9.97 Å². The minimum Gasteiger partial charge on any atom is -0.481 e. The molecule has 3 N–H and O–H groups in total. The third kappa shape index (κ3) is 4.18. The molecule has 8 nitrogen and oxygen atoms in total. The van der Waals surface area contributed by atoms with E-state index in [0.29, 0.717) is 5.69 Å². The molecule has 0 radical (unpaired) electrons. The molecule has 3 aromatic rings. The summed E-state index contributed by atoms with van der Waals surface area (Å²) in [5.41, 5.74) is 4.61. The summed E-state index contributed by atoms with van der Waals surface area (Å²) in [5.74, 6) is -1.12. The Bertz CT molecular complexity index is 1170. The second kappa shape index (κ2) is 8.43. The van der Waals surface area contributed by atoms with Crippen molar-refractivity contribution in [3.8, 4) is 11.1 Å². The molecular weight excluding hydrogens is 398 g/mol. The minimum atomic E-state index is -1.00. The first kappa shape index (κ1) is 20.3. The van der Waals surface area contributed by atoms with Gasteiger partial charge in [0.15, 0.2) is 0 Å². The molecule has 1 aromatic heterocycles. The summed E-state index contributed by atoms with van der Waals surface area (Å²) in [5, 5.41) is 11.2. The lowest BCUT2D eigenvalue weighted by Crippen LogP contribution is -2.24. The van der Waals surface area contributed by atoms with Gasteiger partial charge in [-0.05, 0) is 35.6 Å². The van der Waals surface area contributed by atoms with Crippen molar-refractivity contribution < 1.29 is 19.4 Å². The number of H-pyrrole nitrogens is 1. The van der Waals surface area contributed by atoms with Crippen molar-refractivity contribution in [1.29, 1.82) is 0 Å². The summed E-state index contributed by atoms with van der Waals surface area (Å²) < 4.78 is 5.44. The van der Waals surface area contributed by atoms with E-state index in [1.165, 1.54) is 0 Å². The van der Waals surface area contributed by atoms with Crippen molar-refractivity contribution in [2.75, 3.05) is 11.9 Å². The molecule has 0 saturated carbocycles. The third-order valence-corrected chi connectivity index (χ3v) is 5.38. The lowest BCUT2D eigenvalue weighted by molar-refractivity contribution is -0.136. The lowest BCUT2D eigenvalue weighted by atomic mass is 9.98. The second-order valence-corrected chi connectivity index (χ2v) is 7.32. The van der Waals surface area contributed by atoms with E-state index in [9.17, 15) is 14.4 Å². The van der Waals surface area contributed by atoms with Crippen LogP contribution in [0.4, 0.5) is 10.7 Å². The molecule has 0 fully saturated rings. The molecule has 8 heteroatoms. The first-order valence-corrected chi connectivity index (χ1v) is 9.87. The zero-order valence-corrected chi connectivity index (χ0v) is 16.8. The van der Waals surface area contributed by atoms with E-state index < -0.39 is 17.6 Å². The number of carboxylic acids is 1. The number of nitrogens with zero attached hydrogens (tertiary/aromatic N) is 1. The molecule has 1 heterocycles. The smallest absolute Gasteiger partial charge is 0.414 e. The predicted molar refractivity (Wildman–Crippen MR) is 114 cm³/mol. The number of ether oxygens (including phenoxy) is 1. The van der Waals surface area contributed by atoms with Crippen LogP contribution in [0.3, 0.4) is 0 Å². The molecule has 1 aliphatic carbocycles. The zero-order valence-electron chi connectivity index (χ0n) is 16.8. The number of aryl methyl sites for hydroxylation is 1. The van der Waals surface area contributed by atoms with Crippen LogP contribution in [0.5, 0.6) is 0 Å². The van der Waals surface area contributed by atoms with E-state index in [4.69, 9.17) is 9.84 Å². The fraction of sp³-hybridized carbons (Fsp3) is 0.217. The number of hydrogen-bond donors (Lipinski definition) is 3. The fourth-order valence-corrected chi connectivity index (χ4v) is 3.93. The van der Waals surface area contributed by atoms with Gasteiger partial charge in [0.25, 0.3) is 5.56 Å². The highest BCUT2D eigenvalue weighted by Crippen LogP contribution is 2.44. The number of aromatic amines is 1. The molecule has 1 aliphatic rings. The van der Waals surface area contributed by atoms with Gasteiger partial charge in [0.2, 0.25) is 5.95 Å². The van der Waals surface area contributed by atoms with Gasteiger partial charge in [0, 0.05) is 23.6 Å². The summed E-state index contributed by atoms with van der Waals surface area (Å²) >= 11 is 0. The van der Waals surface area contributed by atoms with Crippen LogP contribution in [0.15, 0.2) is 53.3 Å². The lowest BCUT2D eigenvalue weighted by Gasteiger charge is -2.14. The first-order chi connectivity index (χ1) is 14.9. The minimum absolute atomic E-state index is 0.0428. The number of carbonyl (C=O) groups excluding carboxylic acids is 1. The van der Waals surface area contributed by atoms with Crippen molar-refractivity contribution in [3.63, 3.8) is 0 Å². The van der Waals surface area contributed by atoms with Gasteiger partial charge in [-0.3, -0.25) is 19.9 Å². The Balaban J connectivity index is 1.45. The molecule has 0 saturated heterocycles. The Morgan fingerprint density at radius 1 is 1.10 bits per heavy atom. The van der Waals surface area contributed by atoms with Crippen molar-refractivity contribution in [3.05, 3.63) is 81.3 Å². The Morgan fingerprint density at radius 3 is 2.29 bits per heavy atom. The van der Waals surface area contributed by atoms with E-state index in [0.717, 1.165) is 22.3 Å². The maximum Gasteiger partial charge on any atom is 0.414 e. The number of carboxylic acid groups (broad SMARTS) is 1. The highest BCUT2D eigenvalue weighted by atomic mass is 16.5. The van der Waals surface area contributed by atoms with E-state index >= 15 is 0 Å². The Kier molecular flexibility index (Phi) is 5.53. The van der Waals surface area contributed by atoms with Crippen LogP contribution < -0.4 is 10.9 Å². The molecule has 0 atom stereocenters. The summed E-state index contributed by atoms with van der Waals surface area (Å²) in [4.78, 5) is 41.9. The van der Waals surface area contributed by atoms with Crippen LogP contribution in [0.1, 0.15) is 34.7 Å². The average Bonchev–Trinajstić information content (AvgIpc) is 3.05. The number of fused-ring (bicyclic) bond motifs is 3. The summed E-state index contributed by atoms with van der Waals surface area (Å²) in [6, 6.07) is 16.0. The summed E-state index contributed by atoms with van der Waals surface area (Å²) in [6.45, 7) is 1.73.